The van der Waals surface area contributed by atoms with Gasteiger partial charge < -0.3 is 15.6 Å². The van der Waals surface area contributed by atoms with Gasteiger partial charge in [0.05, 0.1) is 18.3 Å². The second-order valence-electron chi connectivity index (χ2n) is 6.72. The number of carbonyl (C=O) groups is 1. The normalized spacial score (nSPS) is 11.0. The van der Waals surface area contributed by atoms with Crippen LogP contribution in [0.2, 0.25) is 0 Å². The minimum atomic E-state index is -0.405. The molecule has 1 unspecified atom stereocenters. The number of halogens is 2. The molecule has 2 aromatic heterocycles. The van der Waals surface area contributed by atoms with E-state index >= 15 is 0 Å². The quantitative estimate of drug-likeness (QED) is 0.604. The third kappa shape index (κ3) is 5.69. The maximum Gasteiger partial charge on any atom is 0.264 e. The number of nitrogens with zero attached hydrogens (tertiary/aromatic N) is 2. The summed E-state index contributed by atoms with van der Waals surface area (Å²) in [5, 5.41) is 2.80. The van der Waals surface area contributed by atoms with Gasteiger partial charge in [-0.15, -0.1) is 24.8 Å². The Morgan fingerprint density at radius 1 is 1.17 bits per heavy atom. The van der Waals surface area contributed by atoms with Crippen molar-refractivity contribution in [3.8, 4) is 0 Å². The van der Waals surface area contributed by atoms with Crippen LogP contribution in [0, 0.1) is 6.92 Å². The summed E-state index contributed by atoms with van der Waals surface area (Å²) in [5.74, 6) is -0.405. The van der Waals surface area contributed by atoms with E-state index in [4.69, 9.17) is 5.73 Å². The van der Waals surface area contributed by atoms with Crippen molar-refractivity contribution in [2.45, 2.75) is 33.0 Å². The fraction of sp³-hybridized carbons (Fsp3) is 0.227. The molecule has 0 saturated carbocycles. The summed E-state index contributed by atoms with van der Waals surface area (Å²) in [5.41, 5.74) is 8.76. The number of benzene rings is 1. The van der Waals surface area contributed by atoms with Crippen LogP contribution < -0.4 is 16.6 Å². The minimum absolute atomic E-state index is 0. The fourth-order valence-electron chi connectivity index (χ4n) is 3.13. The molecule has 160 valence electrons. The Bertz CT molecular complexity index is 1040. The van der Waals surface area contributed by atoms with Gasteiger partial charge >= 0.3 is 0 Å². The Hall–Kier alpha value is -2.67. The van der Waals surface area contributed by atoms with E-state index < -0.39 is 5.91 Å². The van der Waals surface area contributed by atoms with Crippen LogP contribution in [0.25, 0.3) is 0 Å². The first kappa shape index (κ1) is 25.4. The van der Waals surface area contributed by atoms with E-state index in [0.717, 1.165) is 11.1 Å². The van der Waals surface area contributed by atoms with E-state index in [-0.39, 0.29) is 48.5 Å². The van der Waals surface area contributed by atoms with Crippen molar-refractivity contribution in [2.75, 3.05) is 0 Å². The van der Waals surface area contributed by atoms with Gasteiger partial charge in [-0.05, 0) is 48.7 Å². The number of pyridine rings is 2. The molecule has 6 nitrogen and oxygen atoms in total. The van der Waals surface area contributed by atoms with Crippen LogP contribution in [0.1, 0.15) is 45.7 Å². The number of carbonyl (C=O) groups excluding carboxylic acids is 1. The molecular weight excluding hydrogens is 423 g/mol. The lowest BCUT2D eigenvalue weighted by Crippen LogP contribution is -2.35. The van der Waals surface area contributed by atoms with Crippen LogP contribution in [0.5, 0.6) is 0 Å². The van der Waals surface area contributed by atoms with E-state index in [0.29, 0.717) is 17.8 Å². The monoisotopic (exact) mass is 448 g/mol. The molecule has 1 atom stereocenters. The molecule has 0 saturated heterocycles. The Kier molecular flexibility index (Phi) is 9.72. The molecule has 3 rings (SSSR count). The zero-order valence-electron chi connectivity index (χ0n) is 16.9. The van der Waals surface area contributed by atoms with Crippen molar-refractivity contribution in [1.29, 1.82) is 0 Å². The molecule has 3 N–H and O–H groups in total. The second kappa shape index (κ2) is 11.5. The number of amides is 1. The number of aryl methyl sites for hydroxylation is 1. The zero-order valence-corrected chi connectivity index (χ0v) is 18.5. The van der Waals surface area contributed by atoms with Crippen LogP contribution in [-0.2, 0) is 13.1 Å². The van der Waals surface area contributed by atoms with Crippen molar-refractivity contribution in [2.24, 2.45) is 5.73 Å². The fourth-order valence-corrected chi connectivity index (χ4v) is 3.13. The molecule has 1 amide bonds. The van der Waals surface area contributed by atoms with Gasteiger partial charge in [0.1, 0.15) is 5.56 Å². The summed E-state index contributed by atoms with van der Waals surface area (Å²) in [6, 6.07) is 15.0. The molecule has 30 heavy (non-hydrogen) atoms. The van der Waals surface area contributed by atoms with Gasteiger partial charge in [-0.25, -0.2) is 0 Å². The standard InChI is InChI=1S/C22H24N4O2.2ClH/c1-15-9-11-26(16(2)18-6-4-3-5-7-18)22(28)20(15)21(27)25-14-19-12-17(13-23)8-10-24-19;;/h3-12,16H,13-14,23H2,1-2H3,(H,25,27);2*1H. The summed E-state index contributed by atoms with van der Waals surface area (Å²) >= 11 is 0. The predicted octanol–water partition coefficient (Wildman–Crippen LogP) is 3.39. The molecule has 0 aliphatic heterocycles. The predicted molar refractivity (Wildman–Crippen MR) is 123 cm³/mol. The van der Waals surface area contributed by atoms with Gasteiger partial charge in [-0.3, -0.25) is 14.6 Å². The number of hydrogen-bond acceptors (Lipinski definition) is 4. The number of rotatable bonds is 6. The molecule has 0 fully saturated rings. The summed E-state index contributed by atoms with van der Waals surface area (Å²) < 4.78 is 1.59. The van der Waals surface area contributed by atoms with Gasteiger partial charge in [0.2, 0.25) is 0 Å². The Labute approximate surface area is 188 Å². The lowest BCUT2D eigenvalue weighted by atomic mass is 10.1. The highest BCUT2D eigenvalue weighted by molar-refractivity contribution is 5.95. The first-order valence-corrected chi connectivity index (χ1v) is 9.20. The first-order chi connectivity index (χ1) is 13.5. The average molecular weight is 449 g/mol. The van der Waals surface area contributed by atoms with E-state index in [1.807, 2.05) is 49.4 Å². The Balaban J connectivity index is 0.00000225. The molecule has 2 heterocycles. The molecular formula is C22H26Cl2N4O2. The van der Waals surface area contributed by atoms with Gasteiger partial charge in [0, 0.05) is 18.9 Å². The third-order valence-corrected chi connectivity index (χ3v) is 4.80. The van der Waals surface area contributed by atoms with E-state index in [1.165, 1.54) is 0 Å². The molecule has 0 radical (unpaired) electrons. The minimum Gasteiger partial charge on any atom is -0.346 e. The zero-order chi connectivity index (χ0) is 20.1. The highest BCUT2D eigenvalue weighted by atomic mass is 35.5. The molecule has 0 aliphatic carbocycles. The molecule has 0 spiro atoms. The summed E-state index contributed by atoms with van der Waals surface area (Å²) in [4.78, 5) is 30.0. The first-order valence-electron chi connectivity index (χ1n) is 9.20. The number of aromatic nitrogens is 2. The number of hydrogen-bond donors (Lipinski definition) is 2. The molecule has 3 aromatic rings. The van der Waals surface area contributed by atoms with Crippen molar-refractivity contribution in [3.63, 3.8) is 0 Å². The van der Waals surface area contributed by atoms with Crippen LogP contribution in [0.3, 0.4) is 0 Å². The topological polar surface area (TPSA) is 90.0 Å². The summed E-state index contributed by atoms with van der Waals surface area (Å²) in [6.45, 7) is 4.34. The smallest absolute Gasteiger partial charge is 0.264 e. The van der Waals surface area contributed by atoms with Crippen molar-refractivity contribution >= 4 is 30.7 Å². The molecule has 0 bridgehead atoms. The van der Waals surface area contributed by atoms with Crippen LogP contribution in [0.15, 0.2) is 65.7 Å². The Morgan fingerprint density at radius 3 is 2.53 bits per heavy atom. The summed E-state index contributed by atoms with van der Waals surface area (Å²) in [7, 11) is 0. The van der Waals surface area contributed by atoms with Crippen LogP contribution >= 0.6 is 24.8 Å². The van der Waals surface area contributed by atoms with Gasteiger partial charge in [0.15, 0.2) is 0 Å². The van der Waals surface area contributed by atoms with E-state index in [9.17, 15) is 9.59 Å². The maximum atomic E-state index is 13.0. The van der Waals surface area contributed by atoms with Crippen LogP contribution in [0.4, 0.5) is 0 Å². The lowest BCUT2D eigenvalue weighted by Gasteiger charge is -2.17. The third-order valence-electron chi connectivity index (χ3n) is 4.80. The highest BCUT2D eigenvalue weighted by Gasteiger charge is 2.18. The molecule has 8 heteroatoms. The average Bonchev–Trinajstić information content (AvgIpc) is 2.72. The highest BCUT2D eigenvalue weighted by Crippen LogP contribution is 2.16. The SMILES string of the molecule is Cc1ccn(C(C)c2ccccc2)c(=O)c1C(=O)NCc1cc(CN)ccn1.Cl.Cl. The van der Waals surface area contributed by atoms with Gasteiger partial charge in [0.25, 0.3) is 11.5 Å². The molecule has 1 aromatic carbocycles. The van der Waals surface area contributed by atoms with Gasteiger partial charge in [-0.1, -0.05) is 30.3 Å². The van der Waals surface area contributed by atoms with Gasteiger partial charge in [-0.2, -0.15) is 0 Å². The maximum absolute atomic E-state index is 13.0. The lowest BCUT2D eigenvalue weighted by molar-refractivity contribution is 0.0947. The van der Waals surface area contributed by atoms with E-state index in [1.54, 1.807) is 30.0 Å². The van der Waals surface area contributed by atoms with Crippen molar-refractivity contribution in [3.05, 3.63) is 99.2 Å². The second-order valence-corrected chi connectivity index (χ2v) is 6.72. The van der Waals surface area contributed by atoms with E-state index in [2.05, 4.69) is 10.3 Å². The largest absolute Gasteiger partial charge is 0.346 e. The number of nitrogens with one attached hydrogen (secondary N) is 1. The molecule has 0 aliphatic rings. The van der Waals surface area contributed by atoms with Crippen LogP contribution in [-0.4, -0.2) is 15.5 Å². The van der Waals surface area contributed by atoms with Crippen molar-refractivity contribution in [1.82, 2.24) is 14.9 Å². The summed E-state index contributed by atoms with van der Waals surface area (Å²) in [6.07, 6.45) is 3.39. The number of nitrogens with two attached hydrogens (primary N) is 1. The Morgan fingerprint density at radius 2 is 1.87 bits per heavy atom. The van der Waals surface area contributed by atoms with Crippen molar-refractivity contribution < 1.29 is 4.79 Å².